The van der Waals surface area contributed by atoms with Gasteiger partial charge >= 0.3 is 0 Å². The van der Waals surface area contributed by atoms with Crippen LogP contribution in [0.1, 0.15) is 41.3 Å². The largest absolute Gasteiger partial charge is 0.338 e. The van der Waals surface area contributed by atoms with Crippen LogP contribution in [-0.2, 0) is 0 Å². The topological polar surface area (TPSA) is 68.8 Å². The first-order chi connectivity index (χ1) is 13.1. The van der Waals surface area contributed by atoms with Crippen LogP contribution in [0.25, 0.3) is 0 Å². The molecule has 1 spiro atoms. The van der Waals surface area contributed by atoms with E-state index in [0.717, 1.165) is 17.0 Å². The lowest BCUT2D eigenvalue weighted by Gasteiger charge is -2.35. The molecule has 0 radical (unpaired) electrons. The average molecular weight is 356 g/mol. The summed E-state index contributed by atoms with van der Waals surface area (Å²) < 4.78 is 0. The first-order valence-electron chi connectivity index (χ1n) is 9.12. The molecule has 0 bridgehead atoms. The van der Waals surface area contributed by atoms with E-state index < -0.39 is 5.66 Å². The number of likely N-dealkylation sites (tertiary alicyclic amines) is 1. The normalized spacial score (nSPS) is 18.0. The summed E-state index contributed by atoms with van der Waals surface area (Å²) in [7, 11) is 0. The van der Waals surface area contributed by atoms with Gasteiger partial charge in [0.1, 0.15) is 0 Å². The van der Waals surface area contributed by atoms with E-state index in [1.807, 2.05) is 30.0 Å². The first-order valence-corrected chi connectivity index (χ1v) is 9.12. The molecule has 1 saturated heterocycles. The van der Waals surface area contributed by atoms with Gasteiger partial charge in [0.15, 0.2) is 5.66 Å². The van der Waals surface area contributed by atoms with Crippen molar-refractivity contribution in [2.45, 2.75) is 25.4 Å². The van der Waals surface area contributed by atoms with Crippen LogP contribution in [0.15, 0.2) is 64.6 Å². The Kier molecular flexibility index (Phi) is 4.33. The third kappa shape index (κ3) is 3.26. The maximum atomic E-state index is 12.8. The molecule has 5 heteroatoms. The molecule has 134 valence electrons. The molecule has 2 heterocycles. The molecule has 0 saturated carbocycles. The van der Waals surface area contributed by atoms with E-state index in [2.05, 4.69) is 18.2 Å². The minimum Gasteiger partial charge on any atom is -0.338 e. The van der Waals surface area contributed by atoms with Gasteiger partial charge in [-0.25, -0.2) is 0 Å². The molecule has 0 atom stereocenters. The fourth-order valence-electron chi connectivity index (χ4n) is 3.74. The van der Waals surface area contributed by atoms with Crippen molar-refractivity contribution in [3.05, 3.63) is 71.3 Å². The third-order valence-corrected chi connectivity index (χ3v) is 5.18. The van der Waals surface area contributed by atoms with E-state index in [4.69, 9.17) is 15.2 Å². The van der Waals surface area contributed by atoms with Gasteiger partial charge in [0, 0.05) is 37.1 Å². The minimum atomic E-state index is -0.444. The number of aliphatic imine (C=N–C) groups is 2. The number of benzene rings is 2. The molecule has 0 N–H and O–H groups in total. The predicted molar refractivity (Wildman–Crippen MR) is 105 cm³/mol. The molecule has 0 aliphatic carbocycles. The highest BCUT2D eigenvalue weighted by Crippen LogP contribution is 2.33. The average Bonchev–Trinajstić information content (AvgIpc) is 3.04. The monoisotopic (exact) mass is 356 g/mol. The predicted octanol–water partition coefficient (Wildman–Crippen LogP) is 3.45. The van der Waals surface area contributed by atoms with Gasteiger partial charge in [-0.05, 0) is 25.1 Å². The molecule has 0 aromatic heterocycles. The van der Waals surface area contributed by atoms with E-state index in [9.17, 15) is 4.79 Å². The zero-order chi connectivity index (χ0) is 18.9. The number of rotatable bonds is 2. The molecule has 4 rings (SSSR count). The molecule has 2 aromatic carbocycles. The van der Waals surface area contributed by atoms with E-state index in [1.54, 1.807) is 24.3 Å². The zero-order valence-corrected chi connectivity index (χ0v) is 15.2. The summed E-state index contributed by atoms with van der Waals surface area (Å²) in [4.78, 5) is 24.4. The Balaban J connectivity index is 1.50. The third-order valence-electron chi connectivity index (χ3n) is 5.18. The number of amides is 1. The second kappa shape index (κ2) is 6.81. The van der Waals surface area contributed by atoms with Crippen molar-refractivity contribution in [1.82, 2.24) is 4.90 Å². The van der Waals surface area contributed by atoms with Crippen molar-refractivity contribution in [2.75, 3.05) is 13.1 Å². The van der Waals surface area contributed by atoms with Gasteiger partial charge < -0.3 is 4.90 Å². The highest BCUT2D eigenvalue weighted by molar-refractivity contribution is 6.48. The van der Waals surface area contributed by atoms with Gasteiger partial charge in [0.25, 0.3) is 5.91 Å². The Morgan fingerprint density at radius 1 is 1.07 bits per heavy atom. The maximum absolute atomic E-state index is 12.8. The Labute approximate surface area is 158 Å². The number of nitriles is 1. The Morgan fingerprint density at radius 2 is 1.81 bits per heavy atom. The highest BCUT2D eigenvalue weighted by atomic mass is 16.2. The van der Waals surface area contributed by atoms with Crippen LogP contribution in [0.5, 0.6) is 0 Å². The van der Waals surface area contributed by atoms with Gasteiger partial charge in [-0.2, -0.15) is 5.26 Å². The van der Waals surface area contributed by atoms with Gasteiger partial charge in [-0.3, -0.25) is 14.8 Å². The zero-order valence-electron chi connectivity index (χ0n) is 15.2. The van der Waals surface area contributed by atoms with Crippen LogP contribution in [0, 0.1) is 11.3 Å². The number of hydrogen-bond donors (Lipinski definition) is 0. The molecule has 0 unspecified atom stereocenters. The van der Waals surface area contributed by atoms with Crippen LogP contribution in [0.2, 0.25) is 0 Å². The van der Waals surface area contributed by atoms with E-state index in [0.29, 0.717) is 37.1 Å². The summed E-state index contributed by atoms with van der Waals surface area (Å²) in [5.41, 5.74) is 3.62. The second-order valence-corrected chi connectivity index (χ2v) is 6.99. The lowest BCUT2D eigenvalue weighted by Crippen LogP contribution is -2.44. The molecule has 1 fully saturated rings. The summed E-state index contributed by atoms with van der Waals surface area (Å²) in [5.74, 6) is -0.0343. The Hall–Kier alpha value is -3.26. The lowest BCUT2D eigenvalue weighted by atomic mass is 9.97. The quantitative estimate of drug-likeness (QED) is 0.827. The molecule has 5 nitrogen and oxygen atoms in total. The van der Waals surface area contributed by atoms with Crippen molar-refractivity contribution in [3.8, 4) is 6.07 Å². The fourth-order valence-corrected chi connectivity index (χ4v) is 3.74. The number of carbonyl (C=O) groups is 1. The van der Waals surface area contributed by atoms with E-state index in [-0.39, 0.29) is 5.91 Å². The molecular weight excluding hydrogens is 336 g/mol. The first kappa shape index (κ1) is 17.2. The van der Waals surface area contributed by atoms with Gasteiger partial charge in [-0.15, -0.1) is 0 Å². The molecule has 2 aromatic rings. The van der Waals surface area contributed by atoms with Crippen molar-refractivity contribution < 1.29 is 4.79 Å². The van der Waals surface area contributed by atoms with Crippen molar-refractivity contribution in [3.63, 3.8) is 0 Å². The smallest absolute Gasteiger partial charge is 0.253 e. The summed E-state index contributed by atoms with van der Waals surface area (Å²) in [6, 6.07) is 19.1. The molecular formula is C22H20N4O. The van der Waals surface area contributed by atoms with Crippen molar-refractivity contribution in [1.29, 1.82) is 5.26 Å². The van der Waals surface area contributed by atoms with Crippen molar-refractivity contribution in [2.24, 2.45) is 9.98 Å². The van der Waals surface area contributed by atoms with Gasteiger partial charge in [-0.1, -0.05) is 36.4 Å². The van der Waals surface area contributed by atoms with Crippen molar-refractivity contribution >= 4 is 17.3 Å². The summed E-state index contributed by atoms with van der Waals surface area (Å²) in [5, 5.41) is 9.03. The molecule has 2 aliphatic heterocycles. The Bertz CT molecular complexity index is 977. The SMILES string of the molecule is CC1=NC2(CCN(C(=O)c3cccc(C#N)c3)CC2)N=C1c1ccccc1. The van der Waals surface area contributed by atoms with Crippen LogP contribution in [0.3, 0.4) is 0 Å². The molecule has 2 aliphatic rings. The summed E-state index contributed by atoms with van der Waals surface area (Å²) in [6.45, 7) is 3.22. The highest BCUT2D eigenvalue weighted by Gasteiger charge is 2.39. The Morgan fingerprint density at radius 3 is 2.52 bits per heavy atom. The van der Waals surface area contributed by atoms with E-state index in [1.165, 1.54) is 0 Å². The van der Waals surface area contributed by atoms with Crippen LogP contribution >= 0.6 is 0 Å². The van der Waals surface area contributed by atoms with E-state index >= 15 is 0 Å². The van der Waals surface area contributed by atoms with Gasteiger partial charge in [0.2, 0.25) is 0 Å². The number of piperidine rings is 1. The molecule has 27 heavy (non-hydrogen) atoms. The summed E-state index contributed by atoms with van der Waals surface area (Å²) >= 11 is 0. The number of nitrogens with zero attached hydrogens (tertiary/aromatic N) is 4. The standard InChI is InChI=1S/C22H20N4O/c1-16-20(18-7-3-2-4-8-18)25-22(24-16)10-12-26(13-11-22)21(27)19-9-5-6-17(14-19)15-23/h2-9,14H,10-13H2,1H3. The fraction of sp³-hybridized carbons (Fsp3) is 0.273. The number of hydrogen-bond acceptors (Lipinski definition) is 4. The van der Waals surface area contributed by atoms with Crippen LogP contribution in [-0.4, -0.2) is 41.0 Å². The number of carbonyl (C=O) groups excluding carboxylic acids is 1. The second-order valence-electron chi connectivity index (χ2n) is 6.99. The summed E-state index contributed by atoms with van der Waals surface area (Å²) in [6.07, 6.45) is 1.43. The minimum absolute atomic E-state index is 0.0343. The van der Waals surface area contributed by atoms with Gasteiger partial charge in [0.05, 0.1) is 23.1 Å². The van der Waals surface area contributed by atoms with Crippen LogP contribution < -0.4 is 0 Å². The lowest BCUT2D eigenvalue weighted by molar-refractivity contribution is 0.0679. The molecule has 1 amide bonds. The maximum Gasteiger partial charge on any atom is 0.253 e. The van der Waals surface area contributed by atoms with Crippen LogP contribution in [0.4, 0.5) is 0 Å².